The number of carbonyl (C=O) groups excluding carboxylic acids is 3. The highest BCUT2D eigenvalue weighted by Crippen LogP contribution is 2.70. The van der Waals surface area contributed by atoms with Gasteiger partial charge in [-0.2, -0.15) is 0 Å². The van der Waals surface area contributed by atoms with Crippen LogP contribution in [0.3, 0.4) is 0 Å². The van der Waals surface area contributed by atoms with Crippen LogP contribution in [0.25, 0.3) is 0 Å². The number of hydrogen-bond donors (Lipinski definition) is 9. The number of aliphatic hydroxyl groups excluding tert-OH is 6. The largest absolute Gasteiger partial charge is 0.511 e. The summed E-state index contributed by atoms with van der Waals surface area (Å²) < 4.78 is 12.6. The molecular formula is C51H60N2O12S2. The van der Waals surface area contributed by atoms with Gasteiger partial charge in [0.2, 0.25) is 6.29 Å². The van der Waals surface area contributed by atoms with Gasteiger partial charge in [-0.05, 0) is 122 Å². The van der Waals surface area contributed by atoms with Gasteiger partial charge in [0, 0.05) is 35.3 Å². The molecule has 3 aliphatic heterocycles. The smallest absolute Gasteiger partial charge is 0.229 e. The van der Waals surface area contributed by atoms with Crippen LogP contribution >= 0.6 is 21.6 Å². The summed E-state index contributed by atoms with van der Waals surface area (Å²) in [5.41, 5.74) is -1.18. The van der Waals surface area contributed by atoms with Crippen molar-refractivity contribution >= 4 is 39.4 Å². The van der Waals surface area contributed by atoms with Crippen LogP contribution in [0.5, 0.6) is 5.75 Å². The predicted octanol–water partition coefficient (Wildman–Crippen LogP) is 4.72. The molecule has 5 aliphatic carbocycles. The molecule has 358 valence electrons. The molecule has 67 heavy (non-hydrogen) atoms. The normalized spacial score (nSPS) is 38.0. The Hall–Kier alpha value is -3.97. The Morgan fingerprint density at radius 3 is 2.58 bits per heavy atom. The highest BCUT2D eigenvalue weighted by Gasteiger charge is 2.67. The molecule has 14 nitrogen and oxygen atoms in total. The first kappa shape index (κ1) is 46.7. The number of fused-ring (bicyclic) bond motifs is 2. The molecule has 0 amide bonds. The van der Waals surface area contributed by atoms with E-state index in [1.165, 1.54) is 39.8 Å². The average Bonchev–Trinajstić information content (AvgIpc) is 3.89. The lowest BCUT2D eigenvalue weighted by atomic mass is 9.57. The summed E-state index contributed by atoms with van der Waals surface area (Å²) in [6.45, 7) is -0.599. The molecule has 3 heterocycles. The van der Waals surface area contributed by atoms with Gasteiger partial charge in [0.15, 0.2) is 11.6 Å². The minimum atomic E-state index is -2.34. The van der Waals surface area contributed by atoms with Crippen molar-refractivity contribution in [3.05, 3.63) is 111 Å². The van der Waals surface area contributed by atoms with Crippen molar-refractivity contribution in [2.75, 3.05) is 25.6 Å². The second-order valence-electron chi connectivity index (χ2n) is 20.1. The van der Waals surface area contributed by atoms with Gasteiger partial charge < -0.3 is 60.6 Å². The maximum atomic E-state index is 15.8. The fraction of sp³-hybridized carbons (Fsp3) is 0.549. The first-order valence-corrected chi connectivity index (χ1v) is 26.0. The zero-order chi connectivity index (χ0) is 46.9. The molecule has 16 heteroatoms. The van der Waals surface area contributed by atoms with E-state index in [0.29, 0.717) is 42.2 Å². The van der Waals surface area contributed by atoms with Crippen LogP contribution in [-0.2, 0) is 22.6 Å². The summed E-state index contributed by atoms with van der Waals surface area (Å²) in [5, 5.41) is 87.3. The number of dihydropyridines is 1. The van der Waals surface area contributed by atoms with Gasteiger partial charge in [-0.1, -0.05) is 70.5 Å². The number of nitrogens with one attached hydrogen (secondary N) is 2. The first-order valence-electron chi connectivity index (χ1n) is 23.7. The monoisotopic (exact) mass is 956 g/mol. The Labute approximate surface area is 397 Å². The number of ketones is 2. The molecule has 3 fully saturated rings. The van der Waals surface area contributed by atoms with Gasteiger partial charge >= 0.3 is 0 Å². The quantitative estimate of drug-likeness (QED) is 0.129. The molecule has 2 aromatic rings. The van der Waals surface area contributed by atoms with Crippen LogP contribution in [0.15, 0.2) is 89.0 Å². The number of rotatable bonds is 8. The molecule has 10 rings (SSSR count). The topological polar surface area (TPSA) is 235 Å². The third kappa shape index (κ3) is 7.47. The van der Waals surface area contributed by atoms with E-state index in [1.807, 2.05) is 18.2 Å². The van der Waals surface area contributed by atoms with Crippen molar-refractivity contribution in [1.29, 1.82) is 0 Å². The maximum absolute atomic E-state index is 15.8. The van der Waals surface area contributed by atoms with E-state index in [0.717, 1.165) is 61.5 Å². The molecule has 9 N–H and O–H groups in total. The van der Waals surface area contributed by atoms with Gasteiger partial charge in [0.05, 0.1) is 36.4 Å². The second-order valence-corrected chi connectivity index (χ2v) is 22.7. The minimum absolute atomic E-state index is 0.00571. The molecular weight excluding hydrogens is 897 g/mol. The summed E-state index contributed by atoms with van der Waals surface area (Å²) >= 11 is 0. The van der Waals surface area contributed by atoms with E-state index in [4.69, 9.17) is 9.47 Å². The molecule has 0 aromatic heterocycles. The second kappa shape index (κ2) is 18.1. The van der Waals surface area contributed by atoms with Crippen molar-refractivity contribution in [1.82, 2.24) is 10.6 Å². The van der Waals surface area contributed by atoms with E-state index < -0.39 is 70.4 Å². The number of benzene rings is 2. The van der Waals surface area contributed by atoms with Gasteiger partial charge in [0.25, 0.3) is 0 Å². The predicted molar refractivity (Wildman–Crippen MR) is 250 cm³/mol. The van der Waals surface area contributed by atoms with Crippen LogP contribution in [0.4, 0.5) is 0 Å². The molecule has 0 radical (unpaired) electrons. The van der Waals surface area contributed by atoms with Gasteiger partial charge in [-0.3, -0.25) is 9.59 Å². The summed E-state index contributed by atoms with van der Waals surface area (Å²) in [4.78, 5) is 43.7. The Balaban J connectivity index is 1.12. The molecule has 8 aliphatic rings. The zero-order valence-corrected chi connectivity index (χ0v) is 38.9. The number of aliphatic hydroxyl groups is 7. The van der Waals surface area contributed by atoms with E-state index in [1.54, 1.807) is 18.2 Å². The lowest BCUT2D eigenvalue weighted by Crippen LogP contribution is -2.69. The summed E-state index contributed by atoms with van der Waals surface area (Å²) in [6, 6.07) is 11.9. The Kier molecular flexibility index (Phi) is 12.6. The number of ether oxygens (including phenoxy) is 2. The van der Waals surface area contributed by atoms with Crippen molar-refractivity contribution in [2.24, 2.45) is 34.0 Å². The van der Waals surface area contributed by atoms with E-state index in [-0.39, 0.29) is 72.4 Å². The number of hydrogen-bond acceptors (Lipinski definition) is 16. The molecule has 6 bridgehead atoms. The molecule has 12 atom stereocenters. The summed E-state index contributed by atoms with van der Waals surface area (Å²) in [5.74, 6) is -1.85. The SMILES string of the molecule is O=CC1CCCC12CC1CCC3=C4C=C(NCSSC(CCCO)C56C(=O)c7c(cccc7C(=O)C5C=C(Cc5cccc(CO)c5)C=C6O)OC5OC(CO)C(O)C(O)(CC41C2)C5O)NC3. The molecule has 3 spiro atoms. The Bertz CT molecular complexity index is 2460. The van der Waals surface area contributed by atoms with Crippen LogP contribution < -0.4 is 15.4 Å². The third-order valence-electron chi connectivity index (χ3n) is 16.7. The summed E-state index contributed by atoms with van der Waals surface area (Å²) in [6.07, 6.45) is 5.62. The van der Waals surface area contributed by atoms with Gasteiger partial charge in [-0.25, -0.2) is 0 Å². The fourth-order valence-electron chi connectivity index (χ4n) is 13.7. The lowest BCUT2D eigenvalue weighted by molar-refractivity contribution is -0.320. The minimum Gasteiger partial charge on any atom is -0.511 e. The molecule has 2 aromatic carbocycles. The summed E-state index contributed by atoms with van der Waals surface area (Å²) in [7, 11) is 2.77. The van der Waals surface area contributed by atoms with Crippen molar-refractivity contribution in [3.63, 3.8) is 0 Å². The van der Waals surface area contributed by atoms with Crippen LogP contribution in [0.1, 0.15) is 96.1 Å². The Morgan fingerprint density at radius 1 is 0.970 bits per heavy atom. The van der Waals surface area contributed by atoms with Crippen molar-refractivity contribution in [3.8, 4) is 5.75 Å². The molecule has 2 saturated carbocycles. The van der Waals surface area contributed by atoms with E-state index in [2.05, 4.69) is 16.7 Å². The van der Waals surface area contributed by atoms with Crippen LogP contribution in [0, 0.1) is 34.0 Å². The number of aldehydes is 1. The number of carbonyl (C=O) groups is 3. The molecule has 12 unspecified atom stereocenters. The highest BCUT2D eigenvalue weighted by molar-refractivity contribution is 8.76. The maximum Gasteiger partial charge on any atom is 0.229 e. The standard InChI is InChI=1S/C51H60N2O12S2/c54-14-4-10-40-51-36(17-30(18-39(51)58)16-28-5-1-6-29(15-28)22-55)43(59)34-8-2-9-37(42(34)45(51)61)64-47-46(62)50(63,44(60)38(24-57)65-47)26-49-25-48(13-3-7-33(48)23-56)20-32(49)12-11-31-21-52-41(19-35(31)49)53-27-66-67-40/h1-2,5-6,8-9,15,17-19,23,32-33,36,38,40,44,46-47,52-55,57-58,60,62-63H,3-4,7,10-14,16,20-22,24-27H2. The van der Waals surface area contributed by atoms with Crippen LogP contribution in [0.2, 0.25) is 0 Å². The highest BCUT2D eigenvalue weighted by atomic mass is 33.1. The molecule has 1 saturated heterocycles. The van der Waals surface area contributed by atoms with Gasteiger partial charge in [0.1, 0.15) is 47.1 Å². The van der Waals surface area contributed by atoms with Crippen molar-refractivity contribution in [2.45, 2.75) is 113 Å². The zero-order valence-electron chi connectivity index (χ0n) is 37.3. The number of allylic oxidation sites excluding steroid dienone is 6. The van der Waals surface area contributed by atoms with E-state index >= 15 is 9.59 Å². The lowest BCUT2D eigenvalue weighted by Gasteiger charge is -2.54. The third-order valence-corrected chi connectivity index (χ3v) is 19.4. The van der Waals surface area contributed by atoms with Crippen LogP contribution in [-0.4, -0.2) is 115 Å². The Morgan fingerprint density at radius 2 is 1.79 bits per heavy atom. The van der Waals surface area contributed by atoms with Gasteiger partial charge in [-0.15, -0.1) is 0 Å². The van der Waals surface area contributed by atoms with E-state index in [9.17, 15) is 40.5 Å². The number of Topliss-reactive ketones (excluding diaryl/α,β-unsaturated/α-hetero) is 2. The fourth-order valence-corrected chi connectivity index (χ4v) is 16.5. The van der Waals surface area contributed by atoms with Crippen molar-refractivity contribution < 1.29 is 59.6 Å². The average molecular weight is 957 g/mol. The first-order chi connectivity index (χ1) is 32.3.